The summed E-state index contributed by atoms with van der Waals surface area (Å²) in [5, 5.41) is 12.0. The average molecular weight is 344 g/mol. The van der Waals surface area contributed by atoms with Gasteiger partial charge in [0.1, 0.15) is 18.4 Å². The highest BCUT2D eigenvalue weighted by Crippen LogP contribution is 2.39. The van der Waals surface area contributed by atoms with E-state index in [1.165, 1.54) is 0 Å². The second-order valence-corrected chi connectivity index (χ2v) is 6.11. The Kier molecular flexibility index (Phi) is 4.90. The van der Waals surface area contributed by atoms with Crippen molar-refractivity contribution in [1.82, 2.24) is 5.32 Å². The summed E-state index contributed by atoms with van der Waals surface area (Å²) < 4.78 is 6.55. The van der Waals surface area contributed by atoms with Gasteiger partial charge in [-0.15, -0.1) is 11.8 Å². The van der Waals surface area contributed by atoms with Crippen molar-refractivity contribution in [3.63, 3.8) is 0 Å². The fourth-order valence-corrected chi connectivity index (χ4v) is 3.42. The molecule has 0 aromatic heterocycles. The van der Waals surface area contributed by atoms with Crippen molar-refractivity contribution >= 4 is 33.7 Å². The molecular weight excluding hydrogens is 330 g/mol. The van der Waals surface area contributed by atoms with Gasteiger partial charge in [0, 0.05) is 15.8 Å². The lowest BCUT2D eigenvalue weighted by Crippen LogP contribution is -2.33. The molecule has 0 aliphatic carbocycles. The van der Waals surface area contributed by atoms with Gasteiger partial charge in [0.2, 0.25) is 0 Å². The fourth-order valence-electron chi connectivity index (χ4n) is 1.80. The van der Waals surface area contributed by atoms with Crippen LogP contribution in [0.4, 0.5) is 0 Å². The number of nitrogens with one attached hydrogen (secondary N) is 1. The number of aliphatic carboxylic acids is 1. The summed E-state index contributed by atoms with van der Waals surface area (Å²) in [5.41, 5.74) is 0.949. The highest BCUT2D eigenvalue weighted by atomic mass is 79.9. The number of benzene rings is 1. The Morgan fingerprint density at radius 2 is 2.47 bits per heavy atom. The molecule has 2 atom stereocenters. The van der Waals surface area contributed by atoms with Crippen molar-refractivity contribution in [1.29, 1.82) is 0 Å². The summed E-state index contributed by atoms with van der Waals surface area (Å²) >= 11 is 5.00. The molecule has 1 aromatic rings. The topological polar surface area (TPSA) is 58.6 Å². The monoisotopic (exact) mass is 343 g/mol. The largest absolute Gasteiger partial charge is 0.489 e. The zero-order valence-corrected chi connectivity index (χ0v) is 12.5. The van der Waals surface area contributed by atoms with Crippen LogP contribution in [0.25, 0.3) is 0 Å². The first kappa shape index (κ1) is 14.4. The van der Waals surface area contributed by atoms with Gasteiger partial charge in [-0.2, -0.15) is 0 Å². The zero-order valence-electron chi connectivity index (χ0n) is 10.1. The molecule has 1 aliphatic heterocycles. The quantitative estimate of drug-likeness (QED) is 0.805. The van der Waals surface area contributed by atoms with E-state index in [0.717, 1.165) is 15.8 Å². The molecule has 2 rings (SSSR count). The lowest BCUT2D eigenvalue weighted by Gasteiger charge is -2.16. The normalized spacial score (nSPS) is 22.2. The predicted molar refractivity (Wildman–Crippen MR) is 79.6 cm³/mol. The Morgan fingerprint density at radius 1 is 1.68 bits per heavy atom. The number of rotatable bonds is 5. The number of hydrogen-bond donors (Lipinski definition) is 2. The van der Waals surface area contributed by atoms with Gasteiger partial charge >= 0.3 is 5.97 Å². The van der Waals surface area contributed by atoms with Crippen LogP contribution in [0.5, 0.6) is 5.75 Å². The summed E-state index contributed by atoms with van der Waals surface area (Å²) in [6.07, 6.45) is 1.68. The molecule has 1 fully saturated rings. The summed E-state index contributed by atoms with van der Waals surface area (Å²) in [6, 6.07) is 5.21. The molecule has 1 aliphatic rings. The van der Waals surface area contributed by atoms with Crippen LogP contribution < -0.4 is 10.1 Å². The molecule has 0 bridgehead atoms. The molecule has 2 N–H and O–H groups in total. The van der Waals surface area contributed by atoms with Gasteiger partial charge in [-0.25, -0.2) is 0 Å². The Balaban J connectivity index is 2.20. The number of carboxylic acid groups (broad SMARTS) is 1. The number of halogens is 1. The van der Waals surface area contributed by atoms with Crippen LogP contribution in [0.2, 0.25) is 0 Å². The molecule has 19 heavy (non-hydrogen) atoms. The number of hydrogen-bond acceptors (Lipinski definition) is 4. The van der Waals surface area contributed by atoms with Gasteiger partial charge in [0.15, 0.2) is 0 Å². The minimum atomic E-state index is -0.821. The van der Waals surface area contributed by atoms with Crippen molar-refractivity contribution < 1.29 is 14.6 Å². The molecule has 0 radical (unpaired) electrons. The highest BCUT2D eigenvalue weighted by molar-refractivity contribution is 9.10. The number of carbonyl (C=O) groups is 1. The van der Waals surface area contributed by atoms with E-state index >= 15 is 0 Å². The SMILES string of the molecule is C=CCOc1ccc(Br)cc1[C@H]1N[C@@H](C(=O)O)CS1. The van der Waals surface area contributed by atoms with Crippen LogP contribution in [0.1, 0.15) is 10.9 Å². The summed E-state index contributed by atoms with van der Waals surface area (Å²) in [4.78, 5) is 11.0. The Morgan fingerprint density at radius 3 is 3.11 bits per heavy atom. The molecule has 0 saturated carbocycles. The zero-order chi connectivity index (χ0) is 13.8. The molecule has 102 valence electrons. The minimum absolute atomic E-state index is 0.0709. The van der Waals surface area contributed by atoms with Crippen LogP contribution in [-0.4, -0.2) is 29.5 Å². The van der Waals surface area contributed by atoms with Gasteiger partial charge in [-0.05, 0) is 18.2 Å². The van der Waals surface area contributed by atoms with E-state index in [1.807, 2.05) is 18.2 Å². The Hall–Kier alpha value is -0.980. The van der Waals surface area contributed by atoms with Crippen LogP contribution in [0, 0.1) is 0 Å². The maximum Gasteiger partial charge on any atom is 0.321 e. The van der Waals surface area contributed by atoms with Gasteiger partial charge in [-0.3, -0.25) is 10.1 Å². The van der Waals surface area contributed by atoms with Crippen LogP contribution in [0.3, 0.4) is 0 Å². The van der Waals surface area contributed by atoms with E-state index in [9.17, 15) is 4.79 Å². The van der Waals surface area contributed by atoms with E-state index in [1.54, 1.807) is 17.8 Å². The molecule has 0 spiro atoms. The smallest absolute Gasteiger partial charge is 0.321 e. The van der Waals surface area contributed by atoms with E-state index in [2.05, 4.69) is 27.8 Å². The van der Waals surface area contributed by atoms with Crippen LogP contribution >= 0.6 is 27.7 Å². The van der Waals surface area contributed by atoms with Crippen molar-refractivity contribution in [2.24, 2.45) is 0 Å². The third kappa shape index (κ3) is 3.52. The van der Waals surface area contributed by atoms with Crippen molar-refractivity contribution in [2.75, 3.05) is 12.4 Å². The molecule has 4 nitrogen and oxygen atoms in total. The third-order valence-electron chi connectivity index (χ3n) is 2.69. The van der Waals surface area contributed by atoms with Crippen LogP contribution in [0.15, 0.2) is 35.3 Å². The standard InChI is InChI=1S/C13H14BrNO3S/c1-2-5-18-11-4-3-8(14)6-9(11)12-15-10(7-19-12)13(16)17/h2-4,6,10,12,15H,1,5,7H2,(H,16,17)/t10-,12+/m1/s1. The Bertz CT molecular complexity index is 495. The van der Waals surface area contributed by atoms with Crippen molar-refractivity contribution in [2.45, 2.75) is 11.4 Å². The maximum absolute atomic E-state index is 11.0. The van der Waals surface area contributed by atoms with E-state index in [0.29, 0.717) is 12.4 Å². The first-order valence-corrected chi connectivity index (χ1v) is 7.59. The lowest BCUT2D eigenvalue weighted by atomic mass is 10.2. The van der Waals surface area contributed by atoms with E-state index in [-0.39, 0.29) is 5.37 Å². The Labute approximate surface area is 124 Å². The van der Waals surface area contributed by atoms with Gasteiger partial charge < -0.3 is 9.84 Å². The third-order valence-corrected chi connectivity index (χ3v) is 4.43. The van der Waals surface area contributed by atoms with Gasteiger partial charge in [0.25, 0.3) is 0 Å². The molecule has 1 aromatic carbocycles. The first-order valence-electron chi connectivity index (χ1n) is 5.75. The molecule has 0 unspecified atom stereocenters. The first-order chi connectivity index (χ1) is 9.11. The molecule has 1 heterocycles. The molecular formula is C13H14BrNO3S. The predicted octanol–water partition coefficient (Wildman–Crippen LogP) is 2.80. The second-order valence-electron chi connectivity index (χ2n) is 4.05. The van der Waals surface area contributed by atoms with Crippen molar-refractivity contribution in [3.8, 4) is 5.75 Å². The van der Waals surface area contributed by atoms with E-state index < -0.39 is 12.0 Å². The minimum Gasteiger partial charge on any atom is -0.489 e. The van der Waals surface area contributed by atoms with E-state index in [4.69, 9.17) is 9.84 Å². The molecule has 1 saturated heterocycles. The number of thioether (sulfide) groups is 1. The summed E-state index contributed by atoms with van der Waals surface area (Å²) in [7, 11) is 0. The van der Waals surface area contributed by atoms with Crippen LogP contribution in [-0.2, 0) is 4.79 Å². The number of carboxylic acids is 1. The lowest BCUT2D eigenvalue weighted by molar-refractivity contribution is -0.138. The highest BCUT2D eigenvalue weighted by Gasteiger charge is 2.31. The maximum atomic E-state index is 11.0. The van der Waals surface area contributed by atoms with Gasteiger partial charge in [-0.1, -0.05) is 28.6 Å². The number of ether oxygens (including phenoxy) is 1. The summed E-state index contributed by atoms with van der Waals surface area (Å²) in [6.45, 7) is 4.05. The molecule has 6 heteroatoms. The van der Waals surface area contributed by atoms with Gasteiger partial charge in [0.05, 0.1) is 5.37 Å². The van der Waals surface area contributed by atoms with Crippen molar-refractivity contribution in [3.05, 3.63) is 40.9 Å². The second kappa shape index (κ2) is 6.45. The molecule has 0 amide bonds. The fraction of sp³-hybridized carbons (Fsp3) is 0.308. The summed E-state index contributed by atoms with van der Waals surface area (Å²) in [5.74, 6) is 0.477. The average Bonchev–Trinajstić information content (AvgIpc) is 2.87.